The Hall–Kier alpha value is -2.14. The van der Waals surface area contributed by atoms with E-state index in [-0.39, 0.29) is 0 Å². The predicted molar refractivity (Wildman–Crippen MR) is 99.1 cm³/mol. The molecule has 1 aromatic carbocycles. The molecule has 1 fully saturated rings. The molecule has 1 atom stereocenters. The molecule has 0 saturated carbocycles. The average Bonchev–Trinajstić information content (AvgIpc) is 3.09. The summed E-state index contributed by atoms with van der Waals surface area (Å²) >= 11 is 0. The van der Waals surface area contributed by atoms with Gasteiger partial charge in [-0.05, 0) is 44.0 Å². The smallest absolute Gasteiger partial charge is 0.137 e. The second-order valence-electron chi connectivity index (χ2n) is 7.15. The zero-order chi connectivity index (χ0) is 17.2. The quantitative estimate of drug-likeness (QED) is 0.857. The molecule has 5 nitrogen and oxygen atoms in total. The number of hydrogen-bond donors (Lipinski definition) is 0. The number of rotatable bonds is 4. The van der Waals surface area contributed by atoms with Crippen LogP contribution in [0.15, 0.2) is 30.6 Å². The van der Waals surface area contributed by atoms with Crippen molar-refractivity contribution in [2.24, 2.45) is 0 Å². The van der Waals surface area contributed by atoms with E-state index in [4.69, 9.17) is 9.72 Å². The van der Waals surface area contributed by atoms with Crippen LogP contribution < -0.4 is 9.64 Å². The molecule has 3 heterocycles. The van der Waals surface area contributed by atoms with Gasteiger partial charge in [-0.2, -0.15) is 0 Å². The normalized spacial score (nSPS) is 20.6. The van der Waals surface area contributed by atoms with E-state index in [0.29, 0.717) is 6.04 Å². The summed E-state index contributed by atoms with van der Waals surface area (Å²) in [5.74, 6) is 2.08. The van der Waals surface area contributed by atoms with Gasteiger partial charge in [-0.25, -0.2) is 9.97 Å². The molecule has 5 heteroatoms. The maximum Gasteiger partial charge on any atom is 0.137 e. The van der Waals surface area contributed by atoms with Crippen molar-refractivity contribution in [3.63, 3.8) is 0 Å². The van der Waals surface area contributed by atoms with E-state index in [2.05, 4.69) is 46.1 Å². The highest BCUT2D eigenvalue weighted by molar-refractivity contribution is 5.51. The van der Waals surface area contributed by atoms with Gasteiger partial charge in [0.1, 0.15) is 17.9 Å². The maximum absolute atomic E-state index is 5.27. The topological polar surface area (TPSA) is 41.5 Å². The summed E-state index contributed by atoms with van der Waals surface area (Å²) in [5.41, 5.74) is 3.92. The fourth-order valence-corrected chi connectivity index (χ4v) is 4.07. The van der Waals surface area contributed by atoms with E-state index in [9.17, 15) is 0 Å². The Labute approximate surface area is 149 Å². The number of likely N-dealkylation sites (N-methyl/N-ethyl adjacent to an activating group) is 1. The lowest BCUT2D eigenvalue weighted by molar-refractivity contribution is 0.309. The number of ether oxygens (including phenoxy) is 1. The molecule has 2 aliphatic heterocycles. The number of nitrogens with zero attached hydrogens (tertiary/aromatic N) is 4. The third-order valence-corrected chi connectivity index (χ3v) is 5.45. The first kappa shape index (κ1) is 16.3. The van der Waals surface area contributed by atoms with Crippen LogP contribution in [0.5, 0.6) is 5.75 Å². The molecule has 25 heavy (non-hydrogen) atoms. The highest BCUT2D eigenvalue weighted by Gasteiger charge is 2.30. The van der Waals surface area contributed by atoms with Crippen LogP contribution >= 0.6 is 0 Å². The van der Waals surface area contributed by atoms with Crippen LogP contribution in [0.2, 0.25) is 0 Å². The summed E-state index contributed by atoms with van der Waals surface area (Å²) < 4.78 is 5.27. The molecule has 0 bridgehead atoms. The summed E-state index contributed by atoms with van der Waals surface area (Å²) in [6.07, 6.45) is 6.29. The Balaban J connectivity index is 1.57. The zero-order valence-electron chi connectivity index (χ0n) is 15.1. The van der Waals surface area contributed by atoms with Crippen LogP contribution in [0.4, 0.5) is 5.82 Å². The minimum absolute atomic E-state index is 0.514. The first-order chi connectivity index (χ1) is 12.2. The average molecular weight is 338 g/mol. The van der Waals surface area contributed by atoms with Gasteiger partial charge in [-0.3, -0.25) is 0 Å². The number of methoxy groups -OCH3 is 1. The van der Waals surface area contributed by atoms with Gasteiger partial charge >= 0.3 is 0 Å². The van der Waals surface area contributed by atoms with Crippen molar-refractivity contribution < 1.29 is 4.74 Å². The first-order valence-electron chi connectivity index (χ1n) is 9.15. The van der Waals surface area contributed by atoms with Gasteiger partial charge in [0.15, 0.2) is 0 Å². The molecular weight excluding hydrogens is 312 g/mol. The lowest BCUT2D eigenvalue weighted by atomic mass is 10.0. The van der Waals surface area contributed by atoms with E-state index in [1.165, 1.54) is 29.7 Å². The SMILES string of the molecule is COc1ccc(C[C@@H]2CCCN2c2ncnc3c2CN(C)CC3)cc1. The molecule has 2 aromatic rings. The van der Waals surface area contributed by atoms with Crippen molar-refractivity contribution in [1.82, 2.24) is 14.9 Å². The Kier molecular flexibility index (Phi) is 4.57. The van der Waals surface area contributed by atoms with Crippen molar-refractivity contribution in [3.8, 4) is 5.75 Å². The summed E-state index contributed by atoms with van der Waals surface area (Å²) in [4.78, 5) is 14.1. The summed E-state index contributed by atoms with van der Waals surface area (Å²) in [5, 5.41) is 0. The molecule has 0 amide bonds. The van der Waals surface area contributed by atoms with Crippen molar-refractivity contribution >= 4 is 5.82 Å². The van der Waals surface area contributed by atoms with Gasteiger partial charge in [0.25, 0.3) is 0 Å². The van der Waals surface area contributed by atoms with Crippen LogP contribution in [-0.2, 0) is 19.4 Å². The number of fused-ring (bicyclic) bond motifs is 1. The van der Waals surface area contributed by atoms with Crippen LogP contribution in [0.1, 0.15) is 29.7 Å². The van der Waals surface area contributed by atoms with Crippen molar-refractivity contribution in [2.75, 3.05) is 32.1 Å². The van der Waals surface area contributed by atoms with Crippen LogP contribution in [-0.4, -0.2) is 48.2 Å². The molecule has 0 unspecified atom stereocenters. The molecule has 0 N–H and O–H groups in total. The first-order valence-corrected chi connectivity index (χ1v) is 9.15. The maximum atomic E-state index is 5.27. The summed E-state index contributed by atoms with van der Waals surface area (Å²) in [6, 6.07) is 8.98. The highest BCUT2D eigenvalue weighted by atomic mass is 16.5. The molecule has 1 aromatic heterocycles. The standard InChI is InChI=1S/C20H26N4O/c1-23-11-9-19-18(13-23)20(22-14-21-19)24-10-3-4-16(24)12-15-5-7-17(25-2)8-6-15/h5-8,14,16H,3-4,9-13H2,1-2H3/t16-/m0/s1. The Morgan fingerprint density at radius 2 is 2.00 bits per heavy atom. The van der Waals surface area contributed by atoms with E-state index in [0.717, 1.165) is 44.0 Å². The van der Waals surface area contributed by atoms with Gasteiger partial charge in [0, 0.05) is 37.7 Å². The van der Waals surface area contributed by atoms with Crippen LogP contribution in [0.25, 0.3) is 0 Å². The number of benzene rings is 1. The molecular formula is C20H26N4O. The zero-order valence-corrected chi connectivity index (χ0v) is 15.1. The Morgan fingerprint density at radius 1 is 1.16 bits per heavy atom. The monoisotopic (exact) mass is 338 g/mol. The molecule has 132 valence electrons. The van der Waals surface area contributed by atoms with Crippen LogP contribution in [0.3, 0.4) is 0 Å². The van der Waals surface area contributed by atoms with Gasteiger partial charge in [-0.1, -0.05) is 12.1 Å². The molecule has 0 radical (unpaired) electrons. The van der Waals surface area contributed by atoms with E-state index < -0.39 is 0 Å². The van der Waals surface area contributed by atoms with Gasteiger partial charge in [0.05, 0.1) is 12.8 Å². The highest BCUT2D eigenvalue weighted by Crippen LogP contribution is 2.32. The minimum atomic E-state index is 0.514. The van der Waals surface area contributed by atoms with E-state index in [1.807, 2.05) is 0 Å². The predicted octanol–water partition coefficient (Wildman–Crippen LogP) is 2.68. The third kappa shape index (κ3) is 3.33. The van der Waals surface area contributed by atoms with Gasteiger partial charge in [-0.15, -0.1) is 0 Å². The fourth-order valence-electron chi connectivity index (χ4n) is 4.07. The second kappa shape index (κ2) is 7.00. The number of anilines is 1. The van der Waals surface area contributed by atoms with E-state index >= 15 is 0 Å². The molecule has 1 saturated heterocycles. The number of aromatic nitrogens is 2. The van der Waals surface area contributed by atoms with E-state index in [1.54, 1.807) is 13.4 Å². The van der Waals surface area contributed by atoms with Crippen LogP contribution in [0, 0.1) is 0 Å². The minimum Gasteiger partial charge on any atom is -0.497 e. The molecule has 0 aliphatic carbocycles. The fraction of sp³-hybridized carbons (Fsp3) is 0.500. The van der Waals surface area contributed by atoms with Crippen molar-refractivity contribution in [3.05, 3.63) is 47.4 Å². The largest absolute Gasteiger partial charge is 0.497 e. The second-order valence-corrected chi connectivity index (χ2v) is 7.15. The Bertz CT molecular complexity index is 731. The lowest BCUT2D eigenvalue weighted by Gasteiger charge is -2.32. The molecule has 2 aliphatic rings. The third-order valence-electron chi connectivity index (χ3n) is 5.45. The van der Waals surface area contributed by atoms with Gasteiger partial charge in [0.2, 0.25) is 0 Å². The Morgan fingerprint density at radius 3 is 2.80 bits per heavy atom. The summed E-state index contributed by atoms with van der Waals surface area (Å²) in [6.45, 7) is 3.13. The lowest BCUT2D eigenvalue weighted by Crippen LogP contribution is -2.35. The van der Waals surface area contributed by atoms with Gasteiger partial charge < -0.3 is 14.5 Å². The summed E-state index contributed by atoms with van der Waals surface area (Å²) in [7, 11) is 3.89. The van der Waals surface area contributed by atoms with Crippen molar-refractivity contribution in [2.45, 2.75) is 38.3 Å². The number of hydrogen-bond acceptors (Lipinski definition) is 5. The molecule has 4 rings (SSSR count). The molecule has 0 spiro atoms. The van der Waals surface area contributed by atoms with Crippen molar-refractivity contribution in [1.29, 1.82) is 0 Å².